The van der Waals surface area contributed by atoms with E-state index < -0.39 is 6.04 Å². The van der Waals surface area contributed by atoms with Gasteiger partial charge in [0.05, 0.1) is 18.4 Å². The van der Waals surface area contributed by atoms with Gasteiger partial charge in [-0.25, -0.2) is 4.68 Å². The predicted octanol–water partition coefficient (Wildman–Crippen LogP) is 3.87. The van der Waals surface area contributed by atoms with Crippen molar-refractivity contribution in [2.75, 3.05) is 17.7 Å². The van der Waals surface area contributed by atoms with Gasteiger partial charge >= 0.3 is 0 Å². The van der Waals surface area contributed by atoms with Crippen molar-refractivity contribution in [3.63, 3.8) is 0 Å². The number of hydrogen-bond donors (Lipinski definition) is 2. The number of amides is 1. The highest BCUT2D eigenvalue weighted by molar-refractivity contribution is 6.31. The maximum Gasteiger partial charge on any atom is 0.255 e. The van der Waals surface area contributed by atoms with Crippen molar-refractivity contribution in [3.05, 3.63) is 76.7 Å². The lowest BCUT2D eigenvalue weighted by molar-refractivity contribution is -0.113. The van der Waals surface area contributed by atoms with E-state index in [-0.39, 0.29) is 5.91 Å². The molecule has 28 heavy (non-hydrogen) atoms. The number of para-hydroxylation sites is 2. The number of rotatable bonds is 4. The van der Waals surface area contributed by atoms with Crippen molar-refractivity contribution in [1.29, 1.82) is 0 Å². The highest BCUT2D eigenvalue weighted by Crippen LogP contribution is 2.38. The van der Waals surface area contributed by atoms with Crippen molar-refractivity contribution >= 4 is 29.1 Å². The van der Waals surface area contributed by atoms with Gasteiger partial charge in [0.2, 0.25) is 5.95 Å². The van der Waals surface area contributed by atoms with Crippen LogP contribution < -0.4 is 15.4 Å². The van der Waals surface area contributed by atoms with Gasteiger partial charge in [-0.1, -0.05) is 41.9 Å². The van der Waals surface area contributed by atoms with E-state index in [1.165, 1.54) is 6.33 Å². The quantitative estimate of drug-likeness (QED) is 0.700. The first-order valence-corrected chi connectivity index (χ1v) is 9.04. The Morgan fingerprint density at radius 3 is 2.75 bits per heavy atom. The molecule has 1 aromatic heterocycles. The number of halogens is 1. The summed E-state index contributed by atoms with van der Waals surface area (Å²) in [5.74, 6) is 0.852. The van der Waals surface area contributed by atoms with E-state index in [0.29, 0.717) is 33.7 Å². The molecule has 2 heterocycles. The van der Waals surface area contributed by atoms with Gasteiger partial charge in [0.15, 0.2) is 0 Å². The summed E-state index contributed by atoms with van der Waals surface area (Å²) in [5.41, 5.74) is 2.52. The third-order valence-electron chi connectivity index (χ3n) is 4.59. The summed E-state index contributed by atoms with van der Waals surface area (Å²) in [6.45, 7) is 1.83. The van der Waals surface area contributed by atoms with Gasteiger partial charge in [-0.3, -0.25) is 4.79 Å². The minimum absolute atomic E-state index is 0.277. The summed E-state index contributed by atoms with van der Waals surface area (Å²) in [5, 5.41) is 10.9. The minimum atomic E-state index is -0.512. The lowest BCUT2D eigenvalue weighted by Crippen LogP contribution is -2.31. The van der Waals surface area contributed by atoms with Crippen LogP contribution in [-0.4, -0.2) is 27.8 Å². The molecule has 0 spiro atoms. The van der Waals surface area contributed by atoms with E-state index in [9.17, 15) is 4.79 Å². The number of anilines is 2. The van der Waals surface area contributed by atoms with Crippen molar-refractivity contribution in [2.24, 2.45) is 0 Å². The topological polar surface area (TPSA) is 81.1 Å². The van der Waals surface area contributed by atoms with Gasteiger partial charge in [0, 0.05) is 16.3 Å². The molecule has 4 rings (SSSR count). The molecule has 0 fully saturated rings. The molecule has 1 aliphatic heterocycles. The van der Waals surface area contributed by atoms with Gasteiger partial charge in [-0.05, 0) is 25.1 Å². The Hall–Kier alpha value is -3.32. The van der Waals surface area contributed by atoms with Crippen molar-refractivity contribution in [3.8, 4) is 5.75 Å². The molecule has 0 saturated carbocycles. The first-order valence-electron chi connectivity index (χ1n) is 8.66. The van der Waals surface area contributed by atoms with Crippen molar-refractivity contribution < 1.29 is 9.53 Å². The molecule has 0 radical (unpaired) electrons. The molecule has 0 unspecified atom stereocenters. The average molecular weight is 396 g/mol. The maximum atomic E-state index is 13.3. The van der Waals surface area contributed by atoms with E-state index in [1.54, 1.807) is 30.0 Å². The fourth-order valence-electron chi connectivity index (χ4n) is 3.31. The SMILES string of the molecule is COc1ccccc1NC(=O)C1=C(C)Nc2ncnn2[C@H]1c1ccccc1Cl. The predicted molar refractivity (Wildman–Crippen MR) is 108 cm³/mol. The minimum Gasteiger partial charge on any atom is -0.495 e. The Kier molecular flexibility index (Phi) is 4.75. The zero-order valence-electron chi connectivity index (χ0n) is 15.3. The second kappa shape index (κ2) is 7.36. The van der Waals surface area contributed by atoms with Crippen LogP contribution in [0, 0.1) is 0 Å². The Balaban J connectivity index is 1.79. The highest BCUT2D eigenvalue weighted by Gasteiger charge is 2.34. The molecule has 0 bridgehead atoms. The Morgan fingerprint density at radius 2 is 1.96 bits per heavy atom. The maximum absolute atomic E-state index is 13.3. The van der Waals surface area contributed by atoms with E-state index in [4.69, 9.17) is 16.3 Å². The van der Waals surface area contributed by atoms with Crippen molar-refractivity contribution in [1.82, 2.24) is 14.8 Å². The van der Waals surface area contributed by atoms with Crippen LogP contribution in [0.25, 0.3) is 0 Å². The van der Waals surface area contributed by atoms with Crippen LogP contribution >= 0.6 is 11.6 Å². The number of ether oxygens (including phenoxy) is 1. The second-order valence-electron chi connectivity index (χ2n) is 6.27. The molecule has 7 nitrogen and oxygen atoms in total. The van der Waals surface area contributed by atoms with Crippen LogP contribution in [0.2, 0.25) is 5.02 Å². The van der Waals surface area contributed by atoms with E-state index in [2.05, 4.69) is 20.7 Å². The summed E-state index contributed by atoms with van der Waals surface area (Å²) >= 11 is 6.46. The number of carbonyl (C=O) groups excluding carboxylic acids is 1. The summed E-state index contributed by atoms with van der Waals surface area (Å²) in [6.07, 6.45) is 1.44. The molecule has 1 amide bonds. The van der Waals surface area contributed by atoms with Crippen LogP contribution in [0.5, 0.6) is 5.75 Å². The number of methoxy groups -OCH3 is 1. The highest BCUT2D eigenvalue weighted by atomic mass is 35.5. The smallest absolute Gasteiger partial charge is 0.255 e. The fraction of sp³-hybridized carbons (Fsp3) is 0.150. The van der Waals surface area contributed by atoms with Crippen LogP contribution in [0.4, 0.5) is 11.6 Å². The Morgan fingerprint density at radius 1 is 1.21 bits per heavy atom. The number of carbonyl (C=O) groups is 1. The fourth-order valence-corrected chi connectivity index (χ4v) is 3.55. The van der Waals surface area contributed by atoms with Crippen LogP contribution in [0.3, 0.4) is 0 Å². The number of hydrogen-bond acceptors (Lipinski definition) is 5. The van der Waals surface area contributed by atoms with Crippen LogP contribution in [0.1, 0.15) is 18.5 Å². The number of allylic oxidation sites excluding steroid dienone is 1. The number of fused-ring (bicyclic) bond motifs is 1. The lowest BCUT2D eigenvalue weighted by Gasteiger charge is -2.29. The number of aromatic nitrogens is 3. The van der Waals surface area contributed by atoms with Gasteiger partial charge in [0.25, 0.3) is 5.91 Å². The monoisotopic (exact) mass is 395 g/mol. The van der Waals surface area contributed by atoms with E-state index >= 15 is 0 Å². The number of nitrogens with zero attached hydrogens (tertiary/aromatic N) is 3. The van der Waals surface area contributed by atoms with Gasteiger partial charge < -0.3 is 15.4 Å². The van der Waals surface area contributed by atoms with Crippen LogP contribution in [-0.2, 0) is 4.79 Å². The normalized spacial score (nSPS) is 15.6. The molecule has 2 aromatic carbocycles. The molecule has 142 valence electrons. The lowest BCUT2D eigenvalue weighted by atomic mass is 9.95. The Bertz CT molecular complexity index is 1080. The van der Waals surface area contributed by atoms with Gasteiger partial charge in [-0.2, -0.15) is 10.1 Å². The summed E-state index contributed by atoms with van der Waals surface area (Å²) in [4.78, 5) is 17.5. The molecule has 0 saturated heterocycles. The molecule has 8 heteroatoms. The molecule has 3 aromatic rings. The standard InChI is InChI=1S/C20H18ClN5O2/c1-12-17(19(27)25-15-9-5-6-10-16(15)28-2)18(13-7-3-4-8-14(13)21)26-20(24-12)22-11-23-26/h3-11,18H,1-2H3,(H,25,27)(H,22,23,24)/t18-/m0/s1. The molecule has 1 atom stereocenters. The van der Waals surface area contributed by atoms with Crippen molar-refractivity contribution in [2.45, 2.75) is 13.0 Å². The summed E-state index contributed by atoms with van der Waals surface area (Å²) in [6, 6.07) is 14.1. The average Bonchev–Trinajstić information content (AvgIpc) is 3.16. The largest absolute Gasteiger partial charge is 0.495 e. The molecule has 2 N–H and O–H groups in total. The third-order valence-corrected chi connectivity index (χ3v) is 4.94. The zero-order valence-corrected chi connectivity index (χ0v) is 16.1. The number of benzene rings is 2. The second-order valence-corrected chi connectivity index (χ2v) is 6.68. The van der Waals surface area contributed by atoms with E-state index in [0.717, 1.165) is 5.56 Å². The van der Waals surface area contributed by atoms with Gasteiger partial charge in [0.1, 0.15) is 18.1 Å². The van der Waals surface area contributed by atoms with E-state index in [1.807, 2.05) is 37.3 Å². The van der Waals surface area contributed by atoms with Crippen LogP contribution in [0.15, 0.2) is 66.1 Å². The third kappa shape index (κ3) is 3.10. The molecule has 0 aliphatic carbocycles. The molecular weight excluding hydrogens is 378 g/mol. The summed E-state index contributed by atoms with van der Waals surface area (Å²) in [7, 11) is 1.56. The molecular formula is C20H18ClN5O2. The number of nitrogens with one attached hydrogen (secondary N) is 2. The summed E-state index contributed by atoms with van der Waals surface area (Å²) < 4.78 is 7.00. The molecule has 1 aliphatic rings. The first-order chi connectivity index (χ1) is 13.6. The zero-order chi connectivity index (χ0) is 19.7. The first kappa shape index (κ1) is 18.1. The Labute approximate surface area is 167 Å². The van der Waals surface area contributed by atoms with Gasteiger partial charge in [-0.15, -0.1) is 0 Å².